The molecule has 2 aromatic carbocycles. The van der Waals surface area contributed by atoms with E-state index in [4.69, 9.17) is 9.84 Å². The van der Waals surface area contributed by atoms with Crippen molar-refractivity contribution in [1.29, 1.82) is 0 Å². The fraction of sp³-hybridized carbons (Fsp3) is 0.433. The highest BCUT2D eigenvalue weighted by atomic mass is 79.9. The third kappa shape index (κ3) is 6.66. The van der Waals surface area contributed by atoms with E-state index in [1.165, 1.54) is 6.07 Å². The van der Waals surface area contributed by atoms with Crippen LogP contribution in [-0.2, 0) is 9.53 Å². The zero-order valence-corrected chi connectivity index (χ0v) is 25.2. The number of halogens is 3. The maximum atomic E-state index is 14.1. The largest absolute Gasteiger partial charge is 0.383 e. The molecule has 224 valence electrons. The van der Waals surface area contributed by atoms with Gasteiger partial charge in [-0.3, -0.25) is 15.0 Å². The Hall–Kier alpha value is -3.35. The first-order valence-electron chi connectivity index (χ1n) is 14.1. The number of amides is 3. The first-order valence-corrected chi connectivity index (χ1v) is 14.9. The number of hydrogen-bond donors (Lipinski definition) is 2. The van der Waals surface area contributed by atoms with Gasteiger partial charge in [0.1, 0.15) is 0 Å². The molecule has 0 radical (unpaired) electrons. The van der Waals surface area contributed by atoms with Crippen molar-refractivity contribution in [3.8, 4) is 5.69 Å². The predicted octanol–water partition coefficient (Wildman–Crippen LogP) is 4.87. The van der Waals surface area contributed by atoms with Crippen LogP contribution in [-0.4, -0.2) is 84.0 Å². The van der Waals surface area contributed by atoms with Crippen LogP contribution in [0.1, 0.15) is 42.9 Å². The van der Waals surface area contributed by atoms with Gasteiger partial charge in [0.2, 0.25) is 5.91 Å². The Morgan fingerprint density at radius 3 is 2.48 bits per heavy atom. The predicted molar refractivity (Wildman–Crippen MR) is 159 cm³/mol. The smallest absolute Gasteiger partial charge is 0.320 e. The fourth-order valence-electron chi connectivity index (χ4n) is 5.84. The molecule has 2 aliphatic heterocycles. The molecule has 2 N–H and O–H groups in total. The SMILES string of the molecule is COCCN1CC(NC(=O)Nc2c(Br)c(C3CCN(C(C)=O)CC3)nn2-c2ccccc2)C(c2ccc(F)c(F)c2)C1. The van der Waals surface area contributed by atoms with E-state index in [-0.39, 0.29) is 23.8 Å². The van der Waals surface area contributed by atoms with Crippen molar-refractivity contribution < 1.29 is 23.1 Å². The number of nitrogens with one attached hydrogen (secondary N) is 2. The Balaban J connectivity index is 1.38. The van der Waals surface area contributed by atoms with Gasteiger partial charge in [-0.25, -0.2) is 18.3 Å². The number of carbonyl (C=O) groups excluding carboxylic acids is 2. The Bertz CT molecular complexity index is 1410. The number of benzene rings is 2. The Morgan fingerprint density at radius 1 is 1.07 bits per heavy atom. The highest BCUT2D eigenvalue weighted by molar-refractivity contribution is 9.10. The molecule has 1 aromatic heterocycles. The summed E-state index contributed by atoms with van der Waals surface area (Å²) in [6.07, 6.45) is 1.54. The summed E-state index contributed by atoms with van der Waals surface area (Å²) in [4.78, 5) is 29.3. The lowest BCUT2D eigenvalue weighted by atomic mass is 9.93. The minimum atomic E-state index is -0.914. The number of aromatic nitrogens is 2. The monoisotopic (exact) mass is 644 g/mol. The number of anilines is 1. The van der Waals surface area contributed by atoms with E-state index in [1.54, 1.807) is 24.8 Å². The highest BCUT2D eigenvalue weighted by Crippen LogP contribution is 2.38. The zero-order valence-electron chi connectivity index (χ0n) is 23.7. The zero-order chi connectivity index (χ0) is 29.8. The molecule has 42 heavy (non-hydrogen) atoms. The molecule has 2 aliphatic rings. The van der Waals surface area contributed by atoms with E-state index >= 15 is 0 Å². The molecule has 2 saturated heterocycles. The molecular formula is C30H35BrF2N6O3. The van der Waals surface area contributed by atoms with E-state index in [0.717, 1.165) is 30.3 Å². The van der Waals surface area contributed by atoms with Crippen LogP contribution in [0, 0.1) is 11.6 Å². The molecule has 5 rings (SSSR count). The Labute approximate surface area is 252 Å². The number of nitrogens with zero attached hydrogens (tertiary/aromatic N) is 4. The minimum Gasteiger partial charge on any atom is -0.383 e. The minimum absolute atomic E-state index is 0.0655. The van der Waals surface area contributed by atoms with Gasteiger partial charge in [0, 0.05) is 58.6 Å². The van der Waals surface area contributed by atoms with Gasteiger partial charge in [-0.1, -0.05) is 24.3 Å². The summed E-state index contributed by atoms with van der Waals surface area (Å²) in [5, 5.41) is 11.0. The number of carbonyl (C=O) groups is 2. The number of rotatable bonds is 8. The number of likely N-dealkylation sites (tertiary alicyclic amines) is 2. The van der Waals surface area contributed by atoms with Crippen molar-refractivity contribution in [2.24, 2.45) is 0 Å². The maximum Gasteiger partial charge on any atom is 0.320 e. The third-order valence-electron chi connectivity index (χ3n) is 8.11. The lowest BCUT2D eigenvalue weighted by Gasteiger charge is -2.30. The number of para-hydroxylation sites is 1. The van der Waals surface area contributed by atoms with Crippen LogP contribution in [0.15, 0.2) is 53.0 Å². The number of urea groups is 1. The summed E-state index contributed by atoms with van der Waals surface area (Å²) in [5.74, 6) is -1.39. The van der Waals surface area contributed by atoms with E-state index in [9.17, 15) is 18.4 Å². The van der Waals surface area contributed by atoms with Crippen LogP contribution >= 0.6 is 15.9 Å². The van der Waals surface area contributed by atoms with Gasteiger partial charge in [0.15, 0.2) is 17.5 Å². The van der Waals surface area contributed by atoms with Crippen LogP contribution in [0.5, 0.6) is 0 Å². The van der Waals surface area contributed by atoms with Crippen LogP contribution < -0.4 is 10.6 Å². The van der Waals surface area contributed by atoms with Crippen LogP contribution in [0.2, 0.25) is 0 Å². The Morgan fingerprint density at radius 2 is 1.81 bits per heavy atom. The van der Waals surface area contributed by atoms with E-state index < -0.39 is 17.7 Å². The molecule has 9 nitrogen and oxygen atoms in total. The van der Waals surface area contributed by atoms with Crippen molar-refractivity contribution >= 4 is 33.7 Å². The average molecular weight is 646 g/mol. The first kappa shape index (κ1) is 30.1. The second-order valence-electron chi connectivity index (χ2n) is 10.8. The molecule has 3 heterocycles. The second kappa shape index (κ2) is 13.3. The number of hydrogen-bond acceptors (Lipinski definition) is 5. The van der Waals surface area contributed by atoms with E-state index in [0.29, 0.717) is 55.2 Å². The normalized spacial score (nSPS) is 19.7. The maximum absolute atomic E-state index is 14.1. The Kier molecular flexibility index (Phi) is 9.54. The summed E-state index contributed by atoms with van der Waals surface area (Å²) >= 11 is 3.72. The van der Waals surface area contributed by atoms with Crippen LogP contribution in [0.3, 0.4) is 0 Å². The van der Waals surface area contributed by atoms with Gasteiger partial charge in [0.05, 0.1) is 28.5 Å². The fourth-order valence-corrected chi connectivity index (χ4v) is 6.51. The topological polar surface area (TPSA) is 91.7 Å². The summed E-state index contributed by atoms with van der Waals surface area (Å²) in [7, 11) is 1.63. The van der Waals surface area contributed by atoms with Crippen molar-refractivity contribution in [2.75, 3.05) is 51.8 Å². The molecule has 3 amide bonds. The molecular weight excluding hydrogens is 610 g/mol. The quantitative estimate of drug-likeness (QED) is 0.365. The molecule has 2 fully saturated rings. The molecule has 0 spiro atoms. The van der Waals surface area contributed by atoms with Crippen molar-refractivity contribution in [2.45, 2.75) is 37.6 Å². The lowest BCUT2D eigenvalue weighted by Crippen LogP contribution is -2.42. The molecule has 12 heteroatoms. The van der Waals surface area contributed by atoms with Gasteiger partial charge in [-0.2, -0.15) is 5.10 Å². The van der Waals surface area contributed by atoms with Gasteiger partial charge < -0.3 is 15.0 Å². The second-order valence-corrected chi connectivity index (χ2v) is 11.6. The summed E-state index contributed by atoms with van der Waals surface area (Å²) in [5.41, 5.74) is 2.23. The summed E-state index contributed by atoms with van der Waals surface area (Å²) in [6, 6.07) is 12.6. The summed E-state index contributed by atoms with van der Waals surface area (Å²) in [6.45, 7) is 5.14. The summed E-state index contributed by atoms with van der Waals surface area (Å²) < 4.78 is 35.4. The standard InChI is InChI=1S/C30H35BrF2N6O3/c1-19(40)38-12-10-20(11-13-38)28-27(31)29(39(36-28)22-6-4-3-5-7-22)35-30(41)34-26-18-37(14-15-42-2)17-23(26)21-8-9-24(32)25(33)16-21/h3-9,16,20,23,26H,10-15,17-18H2,1-2H3,(H2,34,35,41). The van der Waals surface area contributed by atoms with E-state index in [1.807, 2.05) is 35.2 Å². The van der Waals surface area contributed by atoms with Gasteiger partial charge >= 0.3 is 6.03 Å². The molecule has 3 aromatic rings. The van der Waals surface area contributed by atoms with Crippen molar-refractivity contribution in [3.05, 3.63) is 75.9 Å². The number of methoxy groups -OCH3 is 1. The average Bonchev–Trinajstić information content (AvgIpc) is 3.54. The molecule has 2 unspecified atom stereocenters. The lowest BCUT2D eigenvalue weighted by molar-refractivity contribution is -0.129. The highest BCUT2D eigenvalue weighted by Gasteiger charge is 2.36. The molecule has 0 aliphatic carbocycles. The van der Waals surface area contributed by atoms with Crippen molar-refractivity contribution in [1.82, 2.24) is 24.9 Å². The van der Waals surface area contributed by atoms with Crippen LogP contribution in [0.4, 0.5) is 19.4 Å². The molecule has 0 bridgehead atoms. The number of ether oxygens (including phenoxy) is 1. The van der Waals surface area contributed by atoms with Crippen LogP contribution in [0.25, 0.3) is 5.69 Å². The first-order chi connectivity index (χ1) is 20.2. The molecule has 2 atom stereocenters. The van der Waals surface area contributed by atoms with Crippen molar-refractivity contribution in [3.63, 3.8) is 0 Å². The van der Waals surface area contributed by atoms with E-state index in [2.05, 4.69) is 31.5 Å². The molecule has 0 saturated carbocycles. The number of piperidine rings is 1. The van der Waals surface area contributed by atoms with Gasteiger partial charge in [-0.05, 0) is 58.6 Å². The van der Waals surface area contributed by atoms with Gasteiger partial charge in [-0.15, -0.1) is 0 Å². The third-order valence-corrected chi connectivity index (χ3v) is 8.89. The van der Waals surface area contributed by atoms with Gasteiger partial charge in [0.25, 0.3) is 0 Å².